The van der Waals surface area contributed by atoms with Gasteiger partial charge in [0.25, 0.3) is 5.91 Å². The number of amides is 5. The molecule has 328 valence electrons. The van der Waals surface area contributed by atoms with Gasteiger partial charge in [0.2, 0.25) is 23.6 Å². The van der Waals surface area contributed by atoms with Gasteiger partial charge in [-0.05, 0) is 72.2 Å². The van der Waals surface area contributed by atoms with E-state index in [9.17, 15) is 29.1 Å². The number of hydrogen-bond acceptors (Lipinski definition) is 11. The molecule has 2 aromatic carbocycles. The first-order chi connectivity index (χ1) is 29.7. The number of rotatable bonds is 13. The summed E-state index contributed by atoms with van der Waals surface area (Å²) < 4.78 is 11.7. The normalized spacial score (nSPS) is 18.5. The Morgan fingerprint density at radius 2 is 1.81 bits per heavy atom. The molecular weight excluding hydrogens is 795 g/mol. The Bertz CT molecular complexity index is 2290. The van der Waals surface area contributed by atoms with Crippen LogP contribution in [0.5, 0.6) is 5.75 Å². The van der Waals surface area contributed by atoms with Gasteiger partial charge in [-0.15, -0.1) is 0 Å². The van der Waals surface area contributed by atoms with Crippen LogP contribution >= 0.6 is 0 Å². The number of pyridine rings is 1. The van der Waals surface area contributed by atoms with Crippen molar-refractivity contribution in [3.8, 4) is 17.1 Å². The molecule has 17 nitrogen and oxygen atoms in total. The summed E-state index contributed by atoms with van der Waals surface area (Å²) in [4.78, 5) is 75.9. The fourth-order valence-electron chi connectivity index (χ4n) is 8.20. The van der Waals surface area contributed by atoms with E-state index in [1.54, 1.807) is 55.6 Å². The second-order valence-corrected chi connectivity index (χ2v) is 17.1. The lowest BCUT2D eigenvalue weighted by Gasteiger charge is -2.36. The molecule has 0 spiro atoms. The van der Waals surface area contributed by atoms with Gasteiger partial charge in [-0.25, -0.2) is 4.98 Å². The number of fused-ring (bicyclic) bond motifs is 1. The number of aromatic nitrogens is 3. The van der Waals surface area contributed by atoms with E-state index in [1.807, 2.05) is 51.1 Å². The number of carbonyl (C=O) groups is 5. The number of piperidine rings is 1. The molecule has 62 heavy (non-hydrogen) atoms. The summed E-state index contributed by atoms with van der Waals surface area (Å²) in [5.41, 5.74) is 4.98. The van der Waals surface area contributed by atoms with E-state index in [0.29, 0.717) is 61.6 Å². The van der Waals surface area contributed by atoms with Gasteiger partial charge >= 0.3 is 0 Å². The molecule has 0 aliphatic carbocycles. The minimum absolute atomic E-state index is 0.0316. The molecule has 7 rings (SSSR count). The highest BCUT2D eigenvalue weighted by atomic mass is 16.5. The van der Waals surface area contributed by atoms with E-state index >= 15 is 0 Å². The molecule has 2 saturated heterocycles. The smallest absolute Gasteiger partial charge is 0.274 e. The average Bonchev–Trinajstić information content (AvgIpc) is 3.96. The molecule has 3 aliphatic heterocycles. The summed E-state index contributed by atoms with van der Waals surface area (Å²) in [5, 5.41) is 26.1. The van der Waals surface area contributed by atoms with Gasteiger partial charge < -0.3 is 45.2 Å². The lowest BCUT2D eigenvalue weighted by Crippen LogP contribution is -2.58. The zero-order chi connectivity index (χ0) is 44.1. The molecule has 0 bridgehead atoms. The number of aliphatic hydroxyl groups excluding tert-OH is 1. The number of aryl methyl sites for hydroxylation is 1. The first-order valence-electron chi connectivity index (χ1n) is 20.9. The lowest BCUT2D eigenvalue weighted by molar-refractivity contribution is -0.145. The number of nitrogens with one attached hydrogen (secondary N) is 4. The Hall–Kier alpha value is -6.33. The van der Waals surface area contributed by atoms with Crippen molar-refractivity contribution in [3.63, 3.8) is 0 Å². The number of aliphatic hydroxyl groups is 1. The highest BCUT2D eigenvalue weighted by Gasteiger charge is 2.44. The molecule has 0 saturated carbocycles. The highest BCUT2D eigenvalue weighted by molar-refractivity contribution is 6.04. The Morgan fingerprint density at radius 3 is 2.53 bits per heavy atom. The van der Waals surface area contributed by atoms with Crippen LogP contribution in [-0.4, -0.2) is 119 Å². The fourth-order valence-corrected chi connectivity index (χ4v) is 8.20. The largest absolute Gasteiger partial charge is 0.494 e. The van der Waals surface area contributed by atoms with Crippen LogP contribution in [0.4, 0.5) is 17.1 Å². The predicted molar refractivity (Wildman–Crippen MR) is 231 cm³/mol. The molecule has 0 radical (unpaired) electrons. The van der Waals surface area contributed by atoms with Crippen LogP contribution in [-0.2, 0) is 36.9 Å². The van der Waals surface area contributed by atoms with Crippen molar-refractivity contribution < 1.29 is 38.6 Å². The number of hydrogen-bond donors (Lipinski definition) is 5. The molecule has 5 heterocycles. The molecule has 2 aromatic heterocycles. The summed E-state index contributed by atoms with van der Waals surface area (Å²) in [6.45, 7) is 6.76. The minimum atomic E-state index is -0.979. The number of carbonyl (C=O) groups excluding carboxylic acids is 5. The summed E-state index contributed by atoms with van der Waals surface area (Å²) in [7, 11) is 3.29. The average molecular weight is 850 g/mol. The minimum Gasteiger partial charge on any atom is -0.494 e. The highest BCUT2D eigenvalue weighted by Crippen LogP contribution is 2.33. The summed E-state index contributed by atoms with van der Waals surface area (Å²) in [6, 6.07) is 16.4. The van der Waals surface area contributed by atoms with E-state index in [0.717, 1.165) is 22.5 Å². The predicted octanol–water partition coefficient (Wildman–Crippen LogP) is 3.44. The molecule has 3 aliphatic rings. The van der Waals surface area contributed by atoms with E-state index < -0.39 is 41.3 Å². The van der Waals surface area contributed by atoms with Gasteiger partial charge in [-0.3, -0.25) is 29.1 Å². The SMILES string of the molecule is COc1cc(N2CCC(OCC(=O)N[C@H](C(=O)N3C[C@H](O)C[C@H]3C(=O)NCc3ccc4c(c3)CCC(=O)N4C)C(C)(C)C)CC2)ccc1NC(=O)c1cccc(-c2ccn[nH]2)n1. The van der Waals surface area contributed by atoms with E-state index in [2.05, 4.69) is 36.0 Å². The Labute approximate surface area is 360 Å². The van der Waals surface area contributed by atoms with Crippen LogP contribution in [0.1, 0.15) is 68.1 Å². The molecule has 5 amide bonds. The number of nitrogens with zero attached hydrogens (tertiary/aromatic N) is 5. The second kappa shape index (κ2) is 18.7. The van der Waals surface area contributed by atoms with Crippen LogP contribution < -0.4 is 30.5 Å². The van der Waals surface area contributed by atoms with Crippen molar-refractivity contribution in [2.75, 3.05) is 55.5 Å². The molecule has 0 unspecified atom stereocenters. The third-order valence-electron chi connectivity index (χ3n) is 11.7. The van der Waals surface area contributed by atoms with Gasteiger partial charge in [-0.2, -0.15) is 5.10 Å². The number of ether oxygens (including phenoxy) is 2. The number of benzene rings is 2. The molecule has 17 heteroatoms. The van der Waals surface area contributed by atoms with Crippen LogP contribution in [0, 0.1) is 5.41 Å². The summed E-state index contributed by atoms with van der Waals surface area (Å²) in [5.74, 6) is -1.12. The van der Waals surface area contributed by atoms with Crippen LogP contribution in [0.2, 0.25) is 0 Å². The molecule has 5 N–H and O–H groups in total. The number of methoxy groups -OCH3 is 1. The number of likely N-dealkylation sites (tertiary alicyclic amines) is 1. The van der Waals surface area contributed by atoms with Gasteiger partial charge in [0.15, 0.2) is 0 Å². The van der Waals surface area contributed by atoms with Crippen molar-refractivity contribution in [2.24, 2.45) is 5.41 Å². The fraction of sp³-hybridized carbons (Fsp3) is 0.444. The van der Waals surface area contributed by atoms with E-state index in [4.69, 9.17) is 9.47 Å². The third kappa shape index (κ3) is 10.1. The van der Waals surface area contributed by atoms with E-state index in [-0.39, 0.29) is 49.7 Å². The molecule has 2 fully saturated rings. The van der Waals surface area contributed by atoms with Crippen LogP contribution in [0.15, 0.2) is 66.9 Å². The van der Waals surface area contributed by atoms with Crippen molar-refractivity contribution in [3.05, 3.63) is 83.7 Å². The third-order valence-corrected chi connectivity index (χ3v) is 11.7. The first kappa shape index (κ1) is 43.7. The van der Waals surface area contributed by atoms with Crippen LogP contribution in [0.25, 0.3) is 11.4 Å². The zero-order valence-electron chi connectivity index (χ0n) is 35.8. The van der Waals surface area contributed by atoms with Gasteiger partial charge in [0.1, 0.15) is 30.1 Å². The number of β-amino-alcohol motifs (C(OH)–C–C–N with tert-alkyl or cyclic N) is 1. The number of H-pyrrole nitrogens is 1. The number of aromatic amines is 1. The maximum Gasteiger partial charge on any atom is 0.274 e. The Morgan fingerprint density at radius 1 is 1.02 bits per heavy atom. The quantitative estimate of drug-likeness (QED) is 0.132. The van der Waals surface area contributed by atoms with Gasteiger partial charge in [-0.1, -0.05) is 39.0 Å². The first-order valence-corrected chi connectivity index (χ1v) is 20.9. The standard InChI is InChI=1S/C45H55N9O8/c1-45(2,3)41(44(60)54-25-30(55)23-37(54)43(59)46-24-27-9-13-36-28(21-27)10-14-40(57)52(36)4)50-39(56)26-62-31-16-19-53(20-17-31)29-11-12-34(38(22-29)61-5)49-42(58)35-8-6-7-32(48-35)33-15-18-47-51-33/h6-9,11-13,15,18,21-22,30-31,37,41,55H,10,14,16-17,19-20,23-26H2,1-5H3,(H,46,59)(H,47,51)(H,49,58)(H,50,56)/t30-,37+,41-/m1/s1. The lowest BCUT2D eigenvalue weighted by atomic mass is 9.85. The summed E-state index contributed by atoms with van der Waals surface area (Å²) in [6.07, 6.45) is 2.97. The topological polar surface area (TPSA) is 211 Å². The zero-order valence-corrected chi connectivity index (χ0v) is 35.8. The van der Waals surface area contributed by atoms with Crippen molar-refractivity contribution >= 4 is 46.6 Å². The molecular formula is C45H55N9O8. The van der Waals surface area contributed by atoms with Gasteiger partial charge in [0.05, 0.1) is 36.4 Å². The van der Waals surface area contributed by atoms with Crippen molar-refractivity contribution in [1.82, 2.24) is 30.7 Å². The summed E-state index contributed by atoms with van der Waals surface area (Å²) >= 11 is 0. The Kier molecular flexibility index (Phi) is 13.2. The maximum atomic E-state index is 14.1. The molecule has 3 atom stereocenters. The maximum absolute atomic E-state index is 14.1. The number of anilines is 3. The van der Waals surface area contributed by atoms with Gasteiger partial charge in [0, 0.05) is 69.7 Å². The van der Waals surface area contributed by atoms with Crippen molar-refractivity contribution in [1.29, 1.82) is 0 Å². The molecule has 4 aromatic rings. The van der Waals surface area contributed by atoms with E-state index in [1.165, 1.54) is 4.90 Å². The van der Waals surface area contributed by atoms with Crippen molar-refractivity contribution in [2.45, 2.75) is 83.7 Å². The second-order valence-electron chi connectivity index (χ2n) is 17.1. The monoisotopic (exact) mass is 849 g/mol. The Balaban J connectivity index is 0.893. The van der Waals surface area contributed by atoms with Crippen LogP contribution in [0.3, 0.4) is 0 Å².